The molecule has 1 aromatic carbocycles. The molecule has 2 aromatic rings. The van der Waals surface area contributed by atoms with Gasteiger partial charge in [0.1, 0.15) is 5.75 Å². The molecule has 5 nitrogen and oxygen atoms in total. The summed E-state index contributed by atoms with van der Waals surface area (Å²) in [6.07, 6.45) is 2.45. The molecule has 0 unspecified atom stereocenters. The second kappa shape index (κ2) is 6.31. The first-order valence-electron chi connectivity index (χ1n) is 5.41. The van der Waals surface area contributed by atoms with E-state index < -0.39 is 0 Å². The SMILES string of the molecule is CCc1n[nH]c(=S)n1/N=C\c1cc(I)c(O)c(I)c1. The predicted molar refractivity (Wildman–Crippen MR) is 93.3 cm³/mol. The number of hydrogen-bond acceptors (Lipinski definition) is 4. The van der Waals surface area contributed by atoms with Gasteiger partial charge in [-0.3, -0.25) is 5.10 Å². The van der Waals surface area contributed by atoms with Crippen LogP contribution in [0.25, 0.3) is 0 Å². The van der Waals surface area contributed by atoms with E-state index in [9.17, 15) is 5.11 Å². The van der Waals surface area contributed by atoms with Gasteiger partial charge < -0.3 is 5.11 Å². The molecule has 1 aromatic heterocycles. The van der Waals surface area contributed by atoms with Crippen LogP contribution in [0, 0.1) is 11.9 Å². The van der Waals surface area contributed by atoms with E-state index in [0.29, 0.717) is 10.5 Å². The van der Waals surface area contributed by atoms with Gasteiger partial charge in [0.05, 0.1) is 13.4 Å². The van der Waals surface area contributed by atoms with Gasteiger partial charge in [-0.25, -0.2) is 0 Å². The average molecular weight is 500 g/mol. The van der Waals surface area contributed by atoms with Crippen molar-refractivity contribution in [2.24, 2.45) is 5.10 Å². The number of aromatic hydroxyl groups is 1. The maximum atomic E-state index is 9.71. The molecule has 0 aliphatic heterocycles. The summed E-state index contributed by atoms with van der Waals surface area (Å²) in [5, 5.41) is 20.8. The van der Waals surface area contributed by atoms with Crippen molar-refractivity contribution in [2.45, 2.75) is 13.3 Å². The molecule has 19 heavy (non-hydrogen) atoms. The average Bonchev–Trinajstić information content (AvgIpc) is 2.74. The standard InChI is InChI=1S/C11H10I2N4OS/c1-2-9-15-16-11(19)17(9)14-5-6-3-7(12)10(18)8(13)4-6/h3-5,18H,2H2,1H3,(H,16,19)/b14-5-. The Morgan fingerprint density at radius 1 is 1.47 bits per heavy atom. The zero-order valence-corrected chi connectivity index (χ0v) is 15.0. The minimum absolute atomic E-state index is 0.299. The van der Waals surface area contributed by atoms with E-state index >= 15 is 0 Å². The van der Waals surface area contributed by atoms with E-state index in [0.717, 1.165) is 24.9 Å². The molecule has 0 saturated carbocycles. The quantitative estimate of drug-likeness (QED) is 0.387. The fourth-order valence-electron chi connectivity index (χ4n) is 1.46. The number of nitrogens with one attached hydrogen (secondary N) is 1. The molecule has 8 heteroatoms. The molecule has 0 bridgehead atoms. The normalized spacial score (nSPS) is 11.3. The summed E-state index contributed by atoms with van der Waals surface area (Å²) in [5.74, 6) is 1.08. The highest BCUT2D eigenvalue weighted by Gasteiger charge is 2.05. The lowest BCUT2D eigenvalue weighted by molar-refractivity contribution is 0.467. The van der Waals surface area contributed by atoms with Crippen molar-refractivity contribution in [1.82, 2.24) is 14.9 Å². The van der Waals surface area contributed by atoms with Gasteiger partial charge in [0.15, 0.2) is 5.82 Å². The monoisotopic (exact) mass is 500 g/mol. The molecule has 0 saturated heterocycles. The van der Waals surface area contributed by atoms with E-state index in [-0.39, 0.29) is 0 Å². The van der Waals surface area contributed by atoms with Crippen LogP contribution in [0.4, 0.5) is 0 Å². The fourth-order valence-corrected chi connectivity index (χ4v) is 3.47. The first kappa shape index (κ1) is 14.9. The van der Waals surface area contributed by atoms with Crippen LogP contribution < -0.4 is 0 Å². The van der Waals surface area contributed by atoms with Crippen LogP contribution in [0.3, 0.4) is 0 Å². The number of benzene rings is 1. The third-order valence-electron chi connectivity index (χ3n) is 2.40. The third kappa shape index (κ3) is 3.34. The molecule has 0 fully saturated rings. The number of rotatable bonds is 3. The first-order chi connectivity index (χ1) is 9.02. The number of H-pyrrole nitrogens is 1. The Morgan fingerprint density at radius 2 is 2.11 bits per heavy atom. The number of phenolic OH excluding ortho intramolecular Hbond substituents is 1. The van der Waals surface area contributed by atoms with Gasteiger partial charge in [-0.2, -0.15) is 14.9 Å². The topological polar surface area (TPSA) is 66.2 Å². The molecule has 0 amide bonds. The van der Waals surface area contributed by atoms with Crippen molar-refractivity contribution < 1.29 is 5.11 Å². The molecule has 100 valence electrons. The van der Waals surface area contributed by atoms with Crippen LogP contribution in [-0.4, -0.2) is 26.2 Å². The van der Waals surface area contributed by atoms with Gasteiger partial charge in [-0.15, -0.1) is 0 Å². The van der Waals surface area contributed by atoms with Crippen molar-refractivity contribution in [2.75, 3.05) is 0 Å². The first-order valence-corrected chi connectivity index (χ1v) is 7.98. The van der Waals surface area contributed by atoms with E-state index in [4.69, 9.17) is 12.2 Å². The summed E-state index contributed by atoms with van der Waals surface area (Å²) in [4.78, 5) is 0. The largest absolute Gasteiger partial charge is 0.506 e. The molecule has 0 aliphatic rings. The Balaban J connectivity index is 2.38. The van der Waals surface area contributed by atoms with Gasteiger partial charge >= 0.3 is 0 Å². The van der Waals surface area contributed by atoms with Crippen LogP contribution in [0.1, 0.15) is 18.3 Å². The number of phenols is 1. The zero-order valence-electron chi connectivity index (χ0n) is 9.89. The maximum absolute atomic E-state index is 9.71. The summed E-state index contributed by atoms with van der Waals surface area (Å²) < 4.78 is 3.65. The van der Waals surface area contributed by atoms with Gasteiger partial charge in [0, 0.05) is 6.42 Å². The zero-order chi connectivity index (χ0) is 14.0. The van der Waals surface area contributed by atoms with Crippen LogP contribution in [-0.2, 0) is 6.42 Å². The summed E-state index contributed by atoms with van der Waals surface area (Å²) in [6.45, 7) is 1.99. The van der Waals surface area contributed by atoms with Gasteiger partial charge in [0.25, 0.3) is 0 Å². The fraction of sp³-hybridized carbons (Fsp3) is 0.182. The Hall–Kier alpha value is -0.490. The lowest BCUT2D eigenvalue weighted by atomic mass is 10.2. The van der Waals surface area contributed by atoms with Gasteiger partial charge in [-0.1, -0.05) is 6.92 Å². The molecule has 0 spiro atoms. The van der Waals surface area contributed by atoms with E-state index in [2.05, 4.69) is 60.5 Å². The van der Waals surface area contributed by atoms with E-state index in [1.807, 2.05) is 19.1 Å². The van der Waals surface area contributed by atoms with Crippen molar-refractivity contribution in [1.29, 1.82) is 0 Å². The molecule has 0 radical (unpaired) electrons. The van der Waals surface area contributed by atoms with Crippen molar-refractivity contribution in [3.05, 3.63) is 35.4 Å². The molecule has 0 aliphatic carbocycles. The number of aryl methyl sites for hydroxylation is 1. The second-order valence-corrected chi connectivity index (χ2v) is 6.40. The van der Waals surface area contributed by atoms with Crippen LogP contribution >= 0.6 is 57.4 Å². The second-order valence-electron chi connectivity index (χ2n) is 3.69. The highest BCUT2D eigenvalue weighted by molar-refractivity contribution is 14.1. The van der Waals surface area contributed by atoms with Crippen LogP contribution in [0.5, 0.6) is 5.75 Å². The van der Waals surface area contributed by atoms with Crippen LogP contribution in [0.2, 0.25) is 0 Å². The maximum Gasteiger partial charge on any atom is 0.216 e. The van der Waals surface area contributed by atoms with Crippen molar-refractivity contribution in [3.8, 4) is 5.75 Å². The summed E-state index contributed by atoms with van der Waals surface area (Å²) in [5.41, 5.74) is 0.900. The minimum Gasteiger partial charge on any atom is -0.506 e. The van der Waals surface area contributed by atoms with Crippen molar-refractivity contribution in [3.63, 3.8) is 0 Å². The number of aromatic amines is 1. The number of halogens is 2. The minimum atomic E-state index is 0.299. The highest BCUT2D eigenvalue weighted by atomic mass is 127. The third-order valence-corrected chi connectivity index (χ3v) is 4.30. The molecular formula is C11H10I2N4OS. The smallest absolute Gasteiger partial charge is 0.216 e. The van der Waals surface area contributed by atoms with Gasteiger partial charge in [0.2, 0.25) is 4.77 Å². The van der Waals surface area contributed by atoms with E-state index in [1.54, 1.807) is 10.9 Å². The Bertz CT molecular complexity index is 669. The highest BCUT2D eigenvalue weighted by Crippen LogP contribution is 2.26. The summed E-state index contributed by atoms with van der Waals surface area (Å²) in [7, 11) is 0. The number of aromatic nitrogens is 3. The molecule has 0 atom stereocenters. The Morgan fingerprint density at radius 3 is 2.68 bits per heavy atom. The molecule has 2 rings (SSSR count). The van der Waals surface area contributed by atoms with Crippen LogP contribution in [0.15, 0.2) is 17.2 Å². The summed E-state index contributed by atoms with van der Waals surface area (Å²) >= 11 is 9.29. The number of hydrogen-bond donors (Lipinski definition) is 2. The Labute approximate surface area is 142 Å². The summed E-state index contributed by atoms with van der Waals surface area (Å²) in [6, 6.07) is 3.72. The molecule has 1 heterocycles. The molecule has 2 N–H and O–H groups in total. The van der Waals surface area contributed by atoms with Gasteiger partial charge in [-0.05, 0) is 75.1 Å². The Kier molecular flexibility index (Phi) is 4.95. The lowest BCUT2D eigenvalue weighted by Crippen LogP contribution is -1.97. The predicted octanol–water partition coefficient (Wildman–Crippen LogP) is 3.30. The lowest BCUT2D eigenvalue weighted by Gasteiger charge is -2.02. The molecular weight excluding hydrogens is 490 g/mol. The van der Waals surface area contributed by atoms with Crippen molar-refractivity contribution >= 4 is 63.6 Å². The number of nitrogens with zero attached hydrogens (tertiary/aromatic N) is 3. The van der Waals surface area contributed by atoms with E-state index in [1.165, 1.54) is 0 Å².